The second kappa shape index (κ2) is 8.20. The smallest absolute Gasteiger partial charge is 0.269 e. The molecular weight excluding hydrogens is 418 g/mol. The van der Waals surface area contributed by atoms with Gasteiger partial charge in [-0.3, -0.25) is 14.5 Å². The molecule has 0 N–H and O–H groups in total. The second-order valence-electron chi connectivity index (χ2n) is 6.78. The molecule has 1 amide bonds. The number of likely N-dealkylation sites (N-methyl/N-ethyl adjacent to an activating group) is 1. The van der Waals surface area contributed by atoms with Crippen molar-refractivity contribution in [1.82, 2.24) is 4.90 Å². The van der Waals surface area contributed by atoms with Crippen LogP contribution < -0.4 is 9.64 Å². The third-order valence-corrected chi connectivity index (χ3v) is 7.34. The Balaban J connectivity index is 1.68. The zero-order valence-corrected chi connectivity index (χ0v) is 18.8. The van der Waals surface area contributed by atoms with Gasteiger partial charge in [0, 0.05) is 30.1 Å². The highest BCUT2D eigenvalue weighted by molar-refractivity contribution is 8.19. The van der Waals surface area contributed by atoms with E-state index in [-0.39, 0.29) is 11.7 Å². The molecule has 4 rings (SSSR count). The van der Waals surface area contributed by atoms with Gasteiger partial charge in [-0.2, -0.15) is 0 Å². The Hall–Kier alpha value is -2.71. The number of fused-ring (bicyclic) bond motifs is 1. The third-order valence-electron chi connectivity index (χ3n) is 4.91. The molecule has 0 aromatic heterocycles. The number of ketones is 1. The van der Waals surface area contributed by atoms with Crippen molar-refractivity contribution in [2.24, 2.45) is 4.99 Å². The fourth-order valence-electron chi connectivity index (χ4n) is 3.23. The Labute approximate surface area is 184 Å². The molecule has 6 nitrogen and oxygen atoms in total. The van der Waals surface area contributed by atoms with Crippen LogP contribution in [0, 0.1) is 0 Å². The number of methoxy groups -OCH3 is 1. The minimum atomic E-state index is -0.0456. The molecule has 0 aliphatic carbocycles. The molecule has 8 heteroatoms. The van der Waals surface area contributed by atoms with Crippen LogP contribution in [0.4, 0.5) is 11.4 Å². The van der Waals surface area contributed by atoms with Gasteiger partial charge in [-0.1, -0.05) is 11.8 Å². The Morgan fingerprint density at radius 1 is 1.13 bits per heavy atom. The van der Waals surface area contributed by atoms with E-state index in [9.17, 15) is 9.59 Å². The highest BCUT2D eigenvalue weighted by Gasteiger charge is 2.38. The molecule has 0 bridgehead atoms. The van der Waals surface area contributed by atoms with Crippen LogP contribution in [-0.4, -0.2) is 42.5 Å². The number of benzene rings is 2. The summed E-state index contributed by atoms with van der Waals surface area (Å²) in [6, 6.07) is 13.0. The molecule has 1 fully saturated rings. The van der Waals surface area contributed by atoms with Gasteiger partial charge in [0.2, 0.25) is 0 Å². The van der Waals surface area contributed by atoms with E-state index in [1.807, 2.05) is 37.1 Å². The maximum absolute atomic E-state index is 13.1. The lowest BCUT2D eigenvalue weighted by atomic mass is 10.1. The lowest BCUT2D eigenvalue weighted by Gasteiger charge is -2.15. The zero-order chi connectivity index (χ0) is 21.4. The van der Waals surface area contributed by atoms with Crippen molar-refractivity contribution in [1.29, 1.82) is 0 Å². The van der Waals surface area contributed by atoms with Crippen LogP contribution in [0.1, 0.15) is 24.2 Å². The second-order valence-corrected chi connectivity index (χ2v) is 8.79. The summed E-state index contributed by atoms with van der Waals surface area (Å²) in [5, 5.41) is 1.53. The Kier molecular flexibility index (Phi) is 5.62. The minimum absolute atomic E-state index is 0.0133. The first kappa shape index (κ1) is 20.6. The van der Waals surface area contributed by atoms with Crippen molar-refractivity contribution < 1.29 is 14.3 Å². The van der Waals surface area contributed by atoms with Crippen LogP contribution in [0.15, 0.2) is 62.3 Å². The number of carbonyl (C=O) groups excluding carboxylic acids is 2. The van der Waals surface area contributed by atoms with Crippen molar-refractivity contribution in [3.63, 3.8) is 0 Å². The van der Waals surface area contributed by atoms with Crippen molar-refractivity contribution >= 4 is 51.8 Å². The highest BCUT2D eigenvalue weighted by atomic mass is 32.2. The predicted molar refractivity (Wildman–Crippen MR) is 123 cm³/mol. The largest absolute Gasteiger partial charge is 0.497 e. The molecule has 2 aromatic rings. The molecule has 2 heterocycles. The number of hydrogen-bond acceptors (Lipinski definition) is 7. The van der Waals surface area contributed by atoms with Crippen LogP contribution in [0.5, 0.6) is 5.75 Å². The van der Waals surface area contributed by atoms with E-state index in [0.29, 0.717) is 27.9 Å². The van der Waals surface area contributed by atoms with E-state index in [1.165, 1.54) is 18.7 Å². The number of amides is 1. The van der Waals surface area contributed by atoms with Crippen LogP contribution in [0.25, 0.3) is 0 Å². The monoisotopic (exact) mass is 439 g/mol. The summed E-state index contributed by atoms with van der Waals surface area (Å²) in [6.07, 6.45) is 0. The minimum Gasteiger partial charge on any atom is -0.497 e. The predicted octanol–water partition coefficient (Wildman–Crippen LogP) is 4.89. The molecule has 2 aliphatic heterocycles. The Morgan fingerprint density at radius 2 is 1.87 bits per heavy atom. The number of aliphatic imine (C=N–C) groups is 1. The van der Waals surface area contributed by atoms with Gasteiger partial charge < -0.3 is 9.64 Å². The number of ether oxygens (including phenoxy) is 1. The van der Waals surface area contributed by atoms with E-state index in [1.54, 1.807) is 48.0 Å². The summed E-state index contributed by atoms with van der Waals surface area (Å²) >= 11 is 2.96. The quantitative estimate of drug-likeness (QED) is 0.499. The maximum atomic E-state index is 13.1. The van der Waals surface area contributed by atoms with Crippen molar-refractivity contribution in [2.45, 2.75) is 18.7 Å². The molecule has 154 valence electrons. The summed E-state index contributed by atoms with van der Waals surface area (Å²) in [5.41, 5.74) is 2.37. The van der Waals surface area contributed by atoms with Crippen LogP contribution >= 0.6 is 23.5 Å². The van der Waals surface area contributed by atoms with Crippen molar-refractivity contribution in [3.05, 3.63) is 58.0 Å². The first-order valence-corrected chi connectivity index (χ1v) is 11.1. The standard InChI is InChI=1S/C22H21N3O3S2/c1-5-25-20(27)19(21-24(3)17-12-16(28-4)10-11-18(17)29-21)30-22(25)23-15-8-6-14(7-9-15)13(2)26/h6-12H,5H2,1-4H3/b21-19-,23-22?. The topological polar surface area (TPSA) is 62.2 Å². The third kappa shape index (κ3) is 3.61. The summed E-state index contributed by atoms with van der Waals surface area (Å²) < 4.78 is 5.34. The normalized spacial score (nSPS) is 19.6. The van der Waals surface area contributed by atoms with Gasteiger partial charge in [0.25, 0.3) is 5.91 Å². The molecule has 1 saturated heterocycles. The summed E-state index contributed by atoms with van der Waals surface area (Å²) in [5.74, 6) is 0.749. The Morgan fingerprint density at radius 3 is 2.50 bits per heavy atom. The number of amidine groups is 1. The zero-order valence-electron chi connectivity index (χ0n) is 17.1. The van der Waals surface area contributed by atoms with Gasteiger partial charge in [-0.25, -0.2) is 4.99 Å². The van der Waals surface area contributed by atoms with E-state index in [4.69, 9.17) is 4.74 Å². The molecule has 0 unspecified atom stereocenters. The molecule has 0 atom stereocenters. The number of carbonyl (C=O) groups is 2. The fourth-order valence-corrected chi connectivity index (χ4v) is 5.62. The summed E-state index contributed by atoms with van der Waals surface area (Å²) in [7, 11) is 3.60. The number of nitrogens with zero attached hydrogens (tertiary/aromatic N) is 3. The number of thioether (sulfide) groups is 2. The molecular formula is C22H21N3O3S2. The number of anilines is 1. The molecule has 2 aromatic carbocycles. The average Bonchev–Trinajstić information content (AvgIpc) is 3.24. The Bertz CT molecular complexity index is 1090. The van der Waals surface area contributed by atoms with E-state index in [0.717, 1.165) is 21.4 Å². The summed E-state index contributed by atoms with van der Waals surface area (Å²) in [6.45, 7) is 4.00. The molecule has 0 saturated carbocycles. The highest BCUT2D eigenvalue weighted by Crippen LogP contribution is 2.51. The fraction of sp³-hybridized carbons (Fsp3) is 0.227. The molecule has 0 radical (unpaired) electrons. The van der Waals surface area contributed by atoms with E-state index < -0.39 is 0 Å². The van der Waals surface area contributed by atoms with Crippen molar-refractivity contribution in [3.8, 4) is 5.75 Å². The van der Waals surface area contributed by atoms with Gasteiger partial charge in [-0.05, 0) is 62.0 Å². The van der Waals surface area contributed by atoms with Crippen LogP contribution in [0.2, 0.25) is 0 Å². The van der Waals surface area contributed by atoms with Crippen LogP contribution in [0.3, 0.4) is 0 Å². The van der Waals surface area contributed by atoms with Gasteiger partial charge in [0.1, 0.15) is 10.7 Å². The lowest BCUT2D eigenvalue weighted by Crippen LogP contribution is -2.29. The summed E-state index contributed by atoms with van der Waals surface area (Å²) in [4.78, 5) is 34.8. The van der Waals surface area contributed by atoms with Gasteiger partial charge in [0.05, 0.1) is 23.5 Å². The van der Waals surface area contributed by atoms with Crippen LogP contribution in [-0.2, 0) is 4.79 Å². The number of hydrogen-bond donors (Lipinski definition) is 0. The molecule has 2 aliphatic rings. The van der Waals surface area contributed by atoms with Gasteiger partial charge >= 0.3 is 0 Å². The number of Topliss-reactive ketones (excluding diaryl/α,β-unsaturated/α-hetero) is 1. The van der Waals surface area contributed by atoms with E-state index >= 15 is 0 Å². The first-order valence-electron chi connectivity index (χ1n) is 9.46. The first-order chi connectivity index (χ1) is 14.4. The molecule has 0 spiro atoms. The van der Waals surface area contributed by atoms with Gasteiger partial charge in [-0.15, -0.1) is 0 Å². The van der Waals surface area contributed by atoms with Crippen molar-refractivity contribution in [2.75, 3.05) is 25.6 Å². The average molecular weight is 440 g/mol. The maximum Gasteiger partial charge on any atom is 0.269 e. The lowest BCUT2D eigenvalue weighted by molar-refractivity contribution is -0.122. The van der Waals surface area contributed by atoms with E-state index in [2.05, 4.69) is 4.99 Å². The van der Waals surface area contributed by atoms with Gasteiger partial charge in [0.15, 0.2) is 11.0 Å². The SMILES string of the molecule is CCN1C(=O)/C(=C2/Sc3ccc(OC)cc3N2C)SC1=Nc1ccc(C(C)=O)cc1. The molecule has 30 heavy (non-hydrogen) atoms. The number of rotatable bonds is 4.